The third kappa shape index (κ3) is 7.09. The zero-order chi connectivity index (χ0) is 24.5. The van der Waals surface area contributed by atoms with Gasteiger partial charge in [-0.25, -0.2) is 0 Å². The lowest BCUT2D eigenvalue weighted by Crippen LogP contribution is -2.51. The van der Waals surface area contributed by atoms with Gasteiger partial charge in [0.25, 0.3) is 0 Å². The van der Waals surface area contributed by atoms with Crippen molar-refractivity contribution in [2.45, 2.75) is 90.3 Å². The van der Waals surface area contributed by atoms with Crippen LogP contribution in [0.4, 0.5) is 0 Å². The van der Waals surface area contributed by atoms with Crippen LogP contribution >= 0.6 is 0 Å². The molecule has 0 spiro atoms. The molecular formula is C29H40N2O3. The van der Waals surface area contributed by atoms with E-state index in [9.17, 15) is 9.59 Å². The van der Waals surface area contributed by atoms with Crippen LogP contribution in [0.1, 0.15) is 81.9 Å². The summed E-state index contributed by atoms with van der Waals surface area (Å²) in [5.41, 5.74) is 3.40. The van der Waals surface area contributed by atoms with Crippen LogP contribution in [0.3, 0.4) is 0 Å². The summed E-state index contributed by atoms with van der Waals surface area (Å²) in [6, 6.07) is 16.0. The second-order valence-corrected chi connectivity index (χ2v) is 9.68. The van der Waals surface area contributed by atoms with Gasteiger partial charge in [-0.2, -0.15) is 0 Å². The summed E-state index contributed by atoms with van der Waals surface area (Å²) in [5, 5.41) is 3.21. The number of nitrogens with one attached hydrogen (secondary N) is 1. The van der Waals surface area contributed by atoms with Gasteiger partial charge in [-0.05, 0) is 60.4 Å². The quantitative estimate of drug-likeness (QED) is 0.470. The Morgan fingerprint density at radius 3 is 2.38 bits per heavy atom. The molecule has 0 heterocycles. The highest BCUT2D eigenvalue weighted by atomic mass is 16.5. The van der Waals surface area contributed by atoms with Crippen LogP contribution in [0.5, 0.6) is 5.75 Å². The third-order valence-corrected chi connectivity index (χ3v) is 6.85. The van der Waals surface area contributed by atoms with Crippen LogP contribution < -0.4 is 10.1 Å². The van der Waals surface area contributed by atoms with Crippen LogP contribution in [-0.4, -0.2) is 35.9 Å². The van der Waals surface area contributed by atoms with Gasteiger partial charge in [0.2, 0.25) is 11.8 Å². The van der Waals surface area contributed by atoms with Crippen LogP contribution in [0.2, 0.25) is 0 Å². The third-order valence-electron chi connectivity index (χ3n) is 6.85. The van der Waals surface area contributed by atoms with Crippen LogP contribution in [-0.2, 0) is 22.6 Å². The average Bonchev–Trinajstić information content (AvgIpc) is 3.35. The first-order valence-electron chi connectivity index (χ1n) is 12.7. The van der Waals surface area contributed by atoms with Crippen molar-refractivity contribution in [1.82, 2.24) is 10.2 Å². The second kappa shape index (κ2) is 12.6. The molecule has 0 saturated heterocycles. The normalized spacial score (nSPS) is 14.7. The standard InChI is InChI=1S/C29H40N2O3/c1-5-27(29(33)30-25-10-6-7-11-25)31(20-23-9-8-12-26(19-23)34-4)28(32)18-15-22-13-16-24(17-14-22)21(2)3/h8-9,12-14,16-17,19,21,25,27H,5-7,10-11,15,18,20H2,1-4H3,(H,30,33)/t27-/m1/s1. The molecule has 0 aromatic heterocycles. The smallest absolute Gasteiger partial charge is 0.243 e. The lowest BCUT2D eigenvalue weighted by molar-refractivity contribution is -0.141. The van der Waals surface area contributed by atoms with E-state index in [1.807, 2.05) is 31.2 Å². The summed E-state index contributed by atoms with van der Waals surface area (Å²) >= 11 is 0. The van der Waals surface area contributed by atoms with E-state index in [4.69, 9.17) is 4.74 Å². The molecule has 3 rings (SSSR count). The van der Waals surface area contributed by atoms with Gasteiger partial charge >= 0.3 is 0 Å². The number of benzene rings is 2. The lowest BCUT2D eigenvalue weighted by Gasteiger charge is -2.31. The van der Waals surface area contributed by atoms with Crippen LogP contribution in [0.15, 0.2) is 48.5 Å². The van der Waals surface area contributed by atoms with Gasteiger partial charge < -0.3 is 15.0 Å². The largest absolute Gasteiger partial charge is 0.497 e. The topological polar surface area (TPSA) is 58.6 Å². The van der Waals surface area contributed by atoms with Crippen molar-refractivity contribution in [1.29, 1.82) is 0 Å². The molecule has 0 unspecified atom stereocenters. The Kier molecular flexibility index (Phi) is 9.55. The number of amides is 2. The van der Waals surface area contributed by atoms with Crippen molar-refractivity contribution in [2.75, 3.05) is 7.11 Å². The number of methoxy groups -OCH3 is 1. The van der Waals surface area contributed by atoms with E-state index in [1.54, 1.807) is 12.0 Å². The fourth-order valence-electron chi connectivity index (χ4n) is 4.72. The first-order valence-corrected chi connectivity index (χ1v) is 12.7. The summed E-state index contributed by atoms with van der Waals surface area (Å²) in [4.78, 5) is 28.5. The molecule has 5 heteroatoms. The fraction of sp³-hybridized carbons (Fsp3) is 0.517. The minimum absolute atomic E-state index is 0.00387. The Labute approximate surface area is 204 Å². The molecule has 2 aromatic carbocycles. The maximum absolute atomic E-state index is 13.5. The van der Waals surface area contributed by atoms with Crippen molar-refractivity contribution in [3.63, 3.8) is 0 Å². The molecule has 1 aliphatic carbocycles. The molecule has 1 aliphatic rings. The molecule has 0 aliphatic heterocycles. The number of hydrogen-bond acceptors (Lipinski definition) is 3. The summed E-state index contributed by atoms with van der Waals surface area (Å²) in [5.74, 6) is 1.20. The molecule has 1 fully saturated rings. The van der Waals surface area contributed by atoms with Gasteiger partial charge in [0.1, 0.15) is 11.8 Å². The summed E-state index contributed by atoms with van der Waals surface area (Å²) in [6.07, 6.45) is 5.98. The highest BCUT2D eigenvalue weighted by Gasteiger charge is 2.30. The number of rotatable bonds is 11. The highest BCUT2D eigenvalue weighted by Crippen LogP contribution is 2.21. The molecule has 1 atom stereocenters. The van der Waals surface area contributed by atoms with E-state index < -0.39 is 6.04 Å². The molecule has 1 N–H and O–H groups in total. The second-order valence-electron chi connectivity index (χ2n) is 9.68. The van der Waals surface area contributed by atoms with Crippen LogP contribution in [0.25, 0.3) is 0 Å². The van der Waals surface area contributed by atoms with E-state index in [1.165, 1.54) is 5.56 Å². The number of aryl methyl sites for hydroxylation is 1. The van der Waals surface area contributed by atoms with Crippen molar-refractivity contribution in [3.05, 3.63) is 65.2 Å². The van der Waals surface area contributed by atoms with Gasteiger partial charge in [-0.1, -0.05) is 70.0 Å². The lowest BCUT2D eigenvalue weighted by atomic mass is 10.00. The van der Waals surface area contributed by atoms with Crippen LogP contribution in [0, 0.1) is 0 Å². The highest BCUT2D eigenvalue weighted by molar-refractivity contribution is 5.88. The molecule has 0 radical (unpaired) electrons. The van der Waals surface area contributed by atoms with Gasteiger partial charge in [-0.3, -0.25) is 9.59 Å². The SMILES string of the molecule is CC[C@H](C(=O)NC1CCCC1)N(Cc1cccc(OC)c1)C(=O)CCc1ccc(C(C)C)cc1. The molecule has 184 valence electrons. The summed E-state index contributed by atoms with van der Waals surface area (Å²) in [6.45, 7) is 6.72. The van der Waals surface area contributed by atoms with Gasteiger partial charge in [0, 0.05) is 19.0 Å². The number of carbonyl (C=O) groups is 2. The first kappa shape index (κ1) is 25.8. The van der Waals surface area contributed by atoms with E-state index in [0.29, 0.717) is 31.7 Å². The first-order chi connectivity index (χ1) is 16.4. The number of nitrogens with zero attached hydrogens (tertiary/aromatic N) is 1. The molecular weight excluding hydrogens is 424 g/mol. The van der Waals surface area contributed by atoms with Gasteiger partial charge in [-0.15, -0.1) is 0 Å². The fourth-order valence-corrected chi connectivity index (χ4v) is 4.72. The number of ether oxygens (including phenoxy) is 1. The summed E-state index contributed by atoms with van der Waals surface area (Å²) in [7, 11) is 1.64. The van der Waals surface area contributed by atoms with Crippen molar-refractivity contribution < 1.29 is 14.3 Å². The Morgan fingerprint density at radius 1 is 1.06 bits per heavy atom. The van der Waals surface area contributed by atoms with Crippen molar-refractivity contribution >= 4 is 11.8 Å². The van der Waals surface area contributed by atoms with Gasteiger partial charge in [0.05, 0.1) is 7.11 Å². The average molecular weight is 465 g/mol. The van der Waals surface area contributed by atoms with Crippen molar-refractivity contribution in [2.24, 2.45) is 0 Å². The zero-order valence-electron chi connectivity index (χ0n) is 21.2. The molecule has 0 bridgehead atoms. The van der Waals surface area contributed by atoms with Crippen molar-refractivity contribution in [3.8, 4) is 5.75 Å². The minimum Gasteiger partial charge on any atom is -0.497 e. The predicted octanol–water partition coefficient (Wildman–Crippen LogP) is 5.62. The van der Waals surface area contributed by atoms with E-state index in [0.717, 1.165) is 42.6 Å². The summed E-state index contributed by atoms with van der Waals surface area (Å²) < 4.78 is 5.37. The molecule has 1 saturated carbocycles. The molecule has 5 nitrogen and oxygen atoms in total. The number of hydrogen-bond donors (Lipinski definition) is 1. The molecule has 34 heavy (non-hydrogen) atoms. The van der Waals surface area contributed by atoms with E-state index in [2.05, 4.69) is 43.4 Å². The van der Waals surface area contributed by atoms with E-state index in [-0.39, 0.29) is 17.9 Å². The maximum atomic E-state index is 13.5. The Balaban J connectivity index is 1.75. The minimum atomic E-state index is -0.484. The monoisotopic (exact) mass is 464 g/mol. The Morgan fingerprint density at radius 2 is 1.76 bits per heavy atom. The molecule has 2 aromatic rings. The zero-order valence-corrected chi connectivity index (χ0v) is 21.2. The van der Waals surface area contributed by atoms with Gasteiger partial charge in [0.15, 0.2) is 0 Å². The predicted molar refractivity (Wildman–Crippen MR) is 137 cm³/mol. The Hall–Kier alpha value is -2.82. The number of carbonyl (C=O) groups excluding carboxylic acids is 2. The Bertz CT molecular complexity index is 933. The van der Waals surface area contributed by atoms with E-state index >= 15 is 0 Å². The molecule has 2 amide bonds. The maximum Gasteiger partial charge on any atom is 0.243 e.